The van der Waals surface area contributed by atoms with Gasteiger partial charge in [0.25, 0.3) is 0 Å². The van der Waals surface area contributed by atoms with Crippen LogP contribution in [0.3, 0.4) is 0 Å². The second-order valence-electron chi connectivity index (χ2n) is 2.30. The zero-order valence-electron chi connectivity index (χ0n) is 6.51. The van der Waals surface area contributed by atoms with E-state index in [0.717, 1.165) is 0 Å². The van der Waals surface area contributed by atoms with Gasteiger partial charge in [-0.1, -0.05) is 23.2 Å². The van der Waals surface area contributed by atoms with Crippen molar-refractivity contribution in [1.29, 1.82) is 0 Å². The molecule has 1 unspecified atom stereocenters. The van der Waals surface area contributed by atoms with Gasteiger partial charge in [0.15, 0.2) is 0 Å². The minimum atomic E-state index is -1.06. The Labute approximate surface area is 91.0 Å². The number of halogens is 3. The van der Waals surface area contributed by atoms with E-state index in [0.29, 0.717) is 15.8 Å². The summed E-state index contributed by atoms with van der Waals surface area (Å²) >= 11 is 16.8. The first-order chi connectivity index (χ1) is 6.13. The fourth-order valence-electron chi connectivity index (χ4n) is 0.749. The van der Waals surface area contributed by atoms with Crippen molar-refractivity contribution in [2.75, 3.05) is 5.88 Å². The van der Waals surface area contributed by atoms with Crippen LogP contribution in [0, 0.1) is 0 Å². The summed E-state index contributed by atoms with van der Waals surface area (Å²) in [5, 5.41) is 9.92. The Morgan fingerprint density at radius 1 is 1.38 bits per heavy atom. The van der Waals surface area contributed by atoms with Gasteiger partial charge in [-0.3, -0.25) is 0 Å². The van der Waals surface area contributed by atoms with E-state index in [1.807, 2.05) is 0 Å². The number of hydrogen-bond acceptors (Lipinski definition) is 2. The van der Waals surface area contributed by atoms with E-state index in [4.69, 9.17) is 44.6 Å². The summed E-state index contributed by atoms with van der Waals surface area (Å²) in [6, 6.07) is 4.71. The maximum Gasteiger partial charge on any atom is 0.211 e. The number of alkyl halides is 1. The van der Waals surface area contributed by atoms with Gasteiger partial charge < -0.3 is 9.84 Å². The first-order valence-electron chi connectivity index (χ1n) is 3.49. The van der Waals surface area contributed by atoms with E-state index in [1.165, 1.54) is 6.07 Å². The molecular formula is C8H7Cl3O2. The molecule has 0 aliphatic rings. The lowest BCUT2D eigenvalue weighted by atomic mass is 10.3. The van der Waals surface area contributed by atoms with Gasteiger partial charge in [0, 0.05) is 5.02 Å². The SMILES string of the molecule is OC(CCl)Oc1ccc(Cl)cc1Cl. The molecule has 5 heteroatoms. The molecule has 0 aliphatic carbocycles. The van der Waals surface area contributed by atoms with E-state index in [1.54, 1.807) is 12.1 Å². The van der Waals surface area contributed by atoms with E-state index in [9.17, 15) is 0 Å². The average Bonchev–Trinajstić information content (AvgIpc) is 2.09. The first-order valence-corrected chi connectivity index (χ1v) is 4.78. The molecule has 0 radical (unpaired) electrons. The Morgan fingerprint density at radius 3 is 2.62 bits per heavy atom. The maximum atomic E-state index is 9.06. The Balaban J connectivity index is 2.77. The molecule has 13 heavy (non-hydrogen) atoms. The molecule has 0 saturated heterocycles. The van der Waals surface area contributed by atoms with Gasteiger partial charge in [-0.05, 0) is 18.2 Å². The maximum absolute atomic E-state index is 9.06. The van der Waals surface area contributed by atoms with Crippen LogP contribution in [0.5, 0.6) is 5.75 Å². The topological polar surface area (TPSA) is 29.5 Å². The lowest BCUT2D eigenvalue weighted by Gasteiger charge is -2.11. The molecule has 0 bridgehead atoms. The third-order valence-electron chi connectivity index (χ3n) is 1.29. The van der Waals surface area contributed by atoms with Gasteiger partial charge in [0.05, 0.1) is 10.9 Å². The predicted octanol–water partition coefficient (Wildman–Crippen LogP) is 2.93. The summed E-state index contributed by atoms with van der Waals surface area (Å²) in [4.78, 5) is 0. The molecule has 1 aromatic rings. The summed E-state index contributed by atoms with van der Waals surface area (Å²) in [5.41, 5.74) is 0. The zero-order valence-corrected chi connectivity index (χ0v) is 8.77. The quantitative estimate of drug-likeness (QED) is 0.651. The lowest BCUT2D eigenvalue weighted by Crippen LogP contribution is -2.17. The van der Waals surface area contributed by atoms with Crippen LogP contribution >= 0.6 is 34.8 Å². The van der Waals surface area contributed by atoms with Gasteiger partial charge in [-0.15, -0.1) is 11.6 Å². The van der Waals surface area contributed by atoms with E-state index >= 15 is 0 Å². The van der Waals surface area contributed by atoms with Crippen molar-refractivity contribution in [1.82, 2.24) is 0 Å². The molecule has 0 amide bonds. The molecule has 0 spiro atoms. The molecule has 0 fully saturated rings. The smallest absolute Gasteiger partial charge is 0.211 e. The van der Waals surface area contributed by atoms with Crippen molar-refractivity contribution in [3.63, 3.8) is 0 Å². The van der Waals surface area contributed by atoms with Crippen LogP contribution in [-0.4, -0.2) is 17.3 Å². The second kappa shape index (κ2) is 4.91. The highest BCUT2D eigenvalue weighted by Gasteiger charge is 2.07. The fourth-order valence-corrected chi connectivity index (χ4v) is 1.26. The van der Waals surface area contributed by atoms with Crippen LogP contribution in [0.2, 0.25) is 10.0 Å². The average molecular weight is 242 g/mol. The van der Waals surface area contributed by atoms with Crippen LogP contribution < -0.4 is 4.74 Å². The van der Waals surface area contributed by atoms with Crippen LogP contribution in [-0.2, 0) is 0 Å². The molecule has 1 aromatic carbocycles. The molecule has 0 saturated carbocycles. The van der Waals surface area contributed by atoms with Crippen molar-refractivity contribution < 1.29 is 9.84 Å². The standard InChI is InChI=1S/C8H7Cl3O2/c9-4-8(12)13-7-2-1-5(10)3-6(7)11/h1-3,8,12H,4H2. The first kappa shape index (κ1) is 10.9. The summed E-state index contributed by atoms with van der Waals surface area (Å²) in [5.74, 6) is 0.345. The number of benzene rings is 1. The van der Waals surface area contributed by atoms with Crippen molar-refractivity contribution in [2.45, 2.75) is 6.29 Å². The van der Waals surface area contributed by atoms with Crippen molar-refractivity contribution in [3.05, 3.63) is 28.2 Å². The third-order valence-corrected chi connectivity index (χ3v) is 2.08. The number of aliphatic hydroxyl groups is 1. The molecule has 0 aliphatic heterocycles. The van der Waals surface area contributed by atoms with Crippen LogP contribution in [0.15, 0.2) is 18.2 Å². The van der Waals surface area contributed by atoms with E-state index in [2.05, 4.69) is 0 Å². The third kappa shape index (κ3) is 3.24. The minimum Gasteiger partial charge on any atom is -0.462 e. The molecule has 1 atom stereocenters. The monoisotopic (exact) mass is 240 g/mol. The highest BCUT2D eigenvalue weighted by atomic mass is 35.5. The van der Waals surface area contributed by atoms with Gasteiger partial charge in [0.1, 0.15) is 5.75 Å². The van der Waals surface area contributed by atoms with E-state index in [-0.39, 0.29) is 5.88 Å². The van der Waals surface area contributed by atoms with Crippen LogP contribution in [0.1, 0.15) is 0 Å². The van der Waals surface area contributed by atoms with Crippen molar-refractivity contribution in [3.8, 4) is 5.75 Å². The Hall–Kier alpha value is -0.150. The van der Waals surface area contributed by atoms with Crippen LogP contribution in [0.4, 0.5) is 0 Å². The lowest BCUT2D eigenvalue weighted by molar-refractivity contribution is 0.00278. The minimum absolute atomic E-state index is 0.0149. The molecule has 2 nitrogen and oxygen atoms in total. The molecule has 0 heterocycles. The number of rotatable bonds is 3. The van der Waals surface area contributed by atoms with Gasteiger partial charge in [-0.2, -0.15) is 0 Å². The van der Waals surface area contributed by atoms with Crippen molar-refractivity contribution >= 4 is 34.8 Å². The summed E-state index contributed by atoms with van der Waals surface area (Å²) < 4.78 is 4.98. The normalized spacial score (nSPS) is 12.6. The Bertz CT molecular complexity index is 291. The van der Waals surface area contributed by atoms with Gasteiger partial charge in [-0.25, -0.2) is 0 Å². The summed E-state index contributed by atoms with van der Waals surface area (Å²) in [6.45, 7) is 0. The van der Waals surface area contributed by atoms with Crippen LogP contribution in [0.25, 0.3) is 0 Å². The predicted molar refractivity (Wildman–Crippen MR) is 53.8 cm³/mol. The second-order valence-corrected chi connectivity index (χ2v) is 3.45. The molecule has 72 valence electrons. The number of aliphatic hydroxyl groups excluding tert-OH is 1. The Kier molecular flexibility index (Phi) is 4.13. The summed E-state index contributed by atoms with van der Waals surface area (Å²) in [7, 11) is 0. The molecule has 1 N–H and O–H groups in total. The molecule has 1 rings (SSSR count). The number of ether oxygens (including phenoxy) is 1. The fraction of sp³-hybridized carbons (Fsp3) is 0.250. The number of hydrogen-bond donors (Lipinski definition) is 1. The summed E-state index contributed by atoms with van der Waals surface area (Å²) in [6.07, 6.45) is -1.06. The van der Waals surface area contributed by atoms with E-state index < -0.39 is 6.29 Å². The Morgan fingerprint density at radius 2 is 2.08 bits per heavy atom. The highest BCUT2D eigenvalue weighted by Crippen LogP contribution is 2.28. The highest BCUT2D eigenvalue weighted by molar-refractivity contribution is 6.35. The van der Waals surface area contributed by atoms with Crippen molar-refractivity contribution in [2.24, 2.45) is 0 Å². The van der Waals surface area contributed by atoms with Gasteiger partial charge in [0.2, 0.25) is 6.29 Å². The zero-order chi connectivity index (χ0) is 9.84. The largest absolute Gasteiger partial charge is 0.462 e. The molecular weight excluding hydrogens is 234 g/mol. The molecule has 0 aromatic heterocycles. The van der Waals surface area contributed by atoms with Gasteiger partial charge >= 0.3 is 0 Å².